The molecule has 0 aliphatic heterocycles. The molecule has 0 saturated carbocycles. The van der Waals surface area contributed by atoms with Crippen LogP contribution in [-0.4, -0.2) is 29.4 Å². The number of nitriles is 1. The van der Waals surface area contributed by atoms with Gasteiger partial charge in [0.1, 0.15) is 0 Å². The zero-order valence-electron chi connectivity index (χ0n) is 13.2. The summed E-state index contributed by atoms with van der Waals surface area (Å²) >= 11 is 0. The Hall–Kier alpha value is -2.06. The van der Waals surface area contributed by atoms with Gasteiger partial charge in [0.05, 0.1) is 12.1 Å². The molecule has 1 aromatic carbocycles. The molecule has 5 nitrogen and oxygen atoms in total. The molecule has 0 bridgehead atoms. The standard InChI is InChI=1S/C16H24N4O/c1-11(2)20(9-5-8-17)13(4)16(21)19-15-7-6-14(18)10-12(15)3/h6-7,10-11,13H,5,9,18H2,1-4H3,(H,19,21). The average Bonchev–Trinajstić information content (AvgIpc) is 2.41. The highest BCUT2D eigenvalue weighted by atomic mass is 16.2. The number of nitrogen functional groups attached to an aromatic ring is 1. The maximum atomic E-state index is 12.4. The Morgan fingerprint density at radius 2 is 2.10 bits per heavy atom. The number of benzene rings is 1. The third-order valence-electron chi connectivity index (χ3n) is 3.53. The Balaban J connectivity index is 2.79. The smallest absolute Gasteiger partial charge is 0.241 e. The number of amides is 1. The monoisotopic (exact) mass is 288 g/mol. The van der Waals surface area contributed by atoms with Crippen LogP contribution in [0.25, 0.3) is 0 Å². The number of nitrogens with one attached hydrogen (secondary N) is 1. The fraction of sp³-hybridized carbons (Fsp3) is 0.500. The average molecular weight is 288 g/mol. The predicted octanol–water partition coefficient (Wildman–Crippen LogP) is 2.53. The van der Waals surface area contributed by atoms with Crippen LogP contribution in [0.4, 0.5) is 11.4 Å². The van der Waals surface area contributed by atoms with Gasteiger partial charge in [0.2, 0.25) is 5.91 Å². The molecule has 0 radical (unpaired) electrons. The molecule has 1 unspecified atom stereocenters. The molecule has 0 spiro atoms. The molecule has 0 fully saturated rings. The Bertz CT molecular complexity index is 534. The molecule has 0 aromatic heterocycles. The van der Waals surface area contributed by atoms with E-state index in [2.05, 4.69) is 11.4 Å². The molecule has 1 atom stereocenters. The summed E-state index contributed by atoms with van der Waals surface area (Å²) in [4.78, 5) is 14.4. The lowest BCUT2D eigenvalue weighted by Gasteiger charge is -2.31. The largest absolute Gasteiger partial charge is 0.399 e. The Morgan fingerprint density at radius 1 is 1.43 bits per heavy atom. The number of nitrogens with two attached hydrogens (primary N) is 1. The number of rotatable bonds is 6. The van der Waals surface area contributed by atoms with E-state index in [1.54, 1.807) is 6.07 Å². The third-order valence-corrected chi connectivity index (χ3v) is 3.53. The van der Waals surface area contributed by atoms with Crippen molar-refractivity contribution in [3.05, 3.63) is 23.8 Å². The van der Waals surface area contributed by atoms with Gasteiger partial charge >= 0.3 is 0 Å². The number of anilines is 2. The van der Waals surface area contributed by atoms with Crippen molar-refractivity contribution in [3.8, 4) is 6.07 Å². The van der Waals surface area contributed by atoms with Crippen molar-refractivity contribution in [2.45, 2.75) is 46.2 Å². The summed E-state index contributed by atoms with van der Waals surface area (Å²) in [5, 5.41) is 11.7. The molecule has 1 aromatic rings. The van der Waals surface area contributed by atoms with Crippen LogP contribution in [0.5, 0.6) is 0 Å². The first-order valence-corrected chi connectivity index (χ1v) is 7.16. The molecule has 114 valence electrons. The van der Waals surface area contributed by atoms with Gasteiger partial charge in [-0.15, -0.1) is 0 Å². The second kappa shape index (κ2) is 7.65. The van der Waals surface area contributed by atoms with Gasteiger partial charge in [0, 0.05) is 30.4 Å². The van der Waals surface area contributed by atoms with Gasteiger partial charge in [0.25, 0.3) is 0 Å². The Labute approximate surface area is 126 Å². The van der Waals surface area contributed by atoms with E-state index in [-0.39, 0.29) is 18.0 Å². The second-order valence-electron chi connectivity index (χ2n) is 5.48. The topological polar surface area (TPSA) is 82.2 Å². The van der Waals surface area contributed by atoms with Crippen molar-refractivity contribution < 1.29 is 4.79 Å². The van der Waals surface area contributed by atoms with Crippen molar-refractivity contribution in [3.63, 3.8) is 0 Å². The Morgan fingerprint density at radius 3 is 2.62 bits per heavy atom. The summed E-state index contributed by atoms with van der Waals surface area (Å²) in [5.74, 6) is -0.0745. The fourth-order valence-electron chi connectivity index (χ4n) is 2.29. The van der Waals surface area contributed by atoms with E-state index in [1.165, 1.54) is 0 Å². The van der Waals surface area contributed by atoms with Gasteiger partial charge in [-0.05, 0) is 51.5 Å². The van der Waals surface area contributed by atoms with Crippen LogP contribution in [0.15, 0.2) is 18.2 Å². The summed E-state index contributed by atoms with van der Waals surface area (Å²) in [7, 11) is 0. The number of hydrogen-bond donors (Lipinski definition) is 2. The number of aryl methyl sites for hydroxylation is 1. The lowest BCUT2D eigenvalue weighted by molar-refractivity contribution is -0.121. The van der Waals surface area contributed by atoms with Gasteiger partial charge < -0.3 is 11.1 Å². The summed E-state index contributed by atoms with van der Waals surface area (Å²) < 4.78 is 0. The normalized spacial score (nSPS) is 12.2. The van der Waals surface area contributed by atoms with Crippen molar-refractivity contribution >= 4 is 17.3 Å². The van der Waals surface area contributed by atoms with Gasteiger partial charge in [-0.25, -0.2) is 0 Å². The second-order valence-corrected chi connectivity index (χ2v) is 5.48. The summed E-state index contributed by atoms with van der Waals surface area (Å²) in [5.41, 5.74) is 8.09. The van der Waals surface area contributed by atoms with Crippen molar-refractivity contribution in [1.82, 2.24) is 4.90 Å². The first-order valence-electron chi connectivity index (χ1n) is 7.16. The van der Waals surface area contributed by atoms with Gasteiger partial charge in [-0.3, -0.25) is 9.69 Å². The van der Waals surface area contributed by atoms with Crippen LogP contribution in [0.3, 0.4) is 0 Å². The first kappa shape index (κ1) is 17.0. The molecule has 5 heteroatoms. The lowest BCUT2D eigenvalue weighted by Crippen LogP contribution is -2.46. The molecule has 21 heavy (non-hydrogen) atoms. The highest BCUT2D eigenvalue weighted by Gasteiger charge is 2.23. The maximum absolute atomic E-state index is 12.4. The third kappa shape index (κ3) is 4.76. The Kier molecular flexibility index (Phi) is 6.19. The SMILES string of the molecule is Cc1cc(N)ccc1NC(=O)C(C)N(CCC#N)C(C)C. The van der Waals surface area contributed by atoms with E-state index in [0.717, 1.165) is 11.3 Å². The van der Waals surface area contributed by atoms with Crippen LogP contribution in [-0.2, 0) is 4.79 Å². The van der Waals surface area contributed by atoms with Gasteiger partial charge in [0.15, 0.2) is 0 Å². The molecule has 1 amide bonds. The minimum atomic E-state index is -0.296. The van der Waals surface area contributed by atoms with Crippen molar-refractivity contribution in [1.29, 1.82) is 5.26 Å². The van der Waals surface area contributed by atoms with Crippen molar-refractivity contribution in [2.75, 3.05) is 17.6 Å². The molecule has 0 aliphatic rings. The van der Waals surface area contributed by atoms with Crippen LogP contribution in [0, 0.1) is 18.3 Å². The molecular weight excluding hydrogens is 264 g/mol. The maximum Gasteiger partial charge on any atom is 0.241 e. The van der Waals surface area contributed by atoms with E-state index in [0.29, 0.717) is 18.7 Å². The quantitative estimate of drug-likeness (QED) is 0.788. The van der Waals surface area contributed by atoms with Crippen LogP contribution < -0.4 is 11.1 Å². The zero-order valence-corrected chi connectivity index (χ0v) is 13.2. The molecular formula is C16H24N4O. The molecule has 0 saturated heterocycles. The number of nitrogens with zero attached hydrogens (tertiary/aromatic N) is 2. The molecule has 1 rings (SSSR count). The van der Waals surface area contributed by atoms with Gasteiger partial charge in [-0.2, -0.15) is 5.26 Å². The highest BCUT2D eigenvalue weighted by molar-refractivity contribution is 5.95. The van der Waals surface area contributed by atoms with E-state index >= 15 is 0 Å². The summed E-state index contributed by atoms with van der Waals surface area (Å²) in [6.45, 7) is 8.40. The number of carbonyl (C=O) groups excluding carboxylic acids is 1. The van der Waals surface area contributed by atoms with E-state index in [1.807, 2.05) is 44.7 Å². The first-order chi connectivity index (χ1) is 9.86. The van der Waals surface area contributed by atoms with Crippen molar-refractivity contribution in [2.24, 2.45) is 0 Å². The van der Waals surface area contributed by atoms with Crippen LogP contribution in [0.1, 0.15) is 32.8 Å². The van der Waals surface area contributed by atoms with Crippen LogP contribution >= 0.6 is 0 Å². The molecule has 3 N–H and O–H groups in total. The van der Waals surface area contributed by atoms with Gasteiger partial charge in [-0.1, -0.05) is 0 Å². The summed E-state index contributed by atoms with van der Waals surface area (Å²) in [6, 6.07) is 7.44. The minimum Gasteiger partial charge on any atom is -0.399 e. The van der Waals surface area contributed by atoms with Crippen LogP contribution in [0.2, 0.25) is 0 Å². The van der Waals surface area contributed by atoms with E-state index in [4.69, 9.17) is 11.0 Å². The number of hydrogen-bond acceptors (Lipinski definition) is 4. The van der Waals surface area contributed by atoms with E-state index < -0.39 is 0 Å². The minimum absolute atomic E-state index is 0.0745. The predicted molar refractivity (Wildman–Crippen MR) is 85.8 cm³/mol. The highest BCUT2D eigenvalue weighted by Crippen LogP contribution is 2.18. The molecule has 0 heterocycles. The number of carbonyl (C=O) groups is 1. The van der Waals surface area contributed by atoms with E-state index in [9.17, 15) is 4.79 Å². The zero-order chi connectivity index (χ0) is 16.0. The summed E-state index contributed by atoms with van der Waals surface area (Å²) in [6.07, 6.45) is 0.413. The molecule has 0 aliphatic carbocycles. The lowest BCUT2D eigenvalue weighted by atomic mass is 10.1. The fourth-order valence-corrected chi connectivity index (χ4v) is 2.29.